The molecule has 0 radical (unpaired) electrons. The average molecular weight is 355 g/mol. The quantitative estimate of drug-likeness (QED) is 0.802. The Morgan fingerprint density at radius 3 is 2.40 bits per heavy atom. The molecular weight excluding hydrogens is 328 g/mol. The number of hydrogen-bond donors (Lipinski definition) is 1. The fourth-order valence-electron chi connectivity index (χ4n) is 3.90. The summed E-state index contributed by atoms with van der Waals surface area (Å²) in [5.74, 6) is 1.59. The Bertz CT molecular complexity index is 690. The number of nitrogens with zero attached hydrogens (tertiary/aromatic N) is 1. The van der Waals surface area contributed by atoms with Crippen LogP contribution >= 0.6 is 11.3 Å². The molecule has 4 rings (SSSR count). The monoisotopic (exact) mass is 354 g/mol. The number of aromatic nitrogens is 1. The van der Waals surface area contributed by atoms with Gasteiger partial charge < -0.3 is 5.32 Å². The largest absolute Gasteiger partial charge is 0.352 e. The number of carbonyl (C=O) groups excluding carboxylic acids is 1. The molecule has 1 heterocycles. The van der Waals surface area contributed by atoms with Crippen molar-refractivity contribution in [2.24, 2.45) is 11.8 Å². The van der Waals surface area contributed by atoms with E-state index in [1.165, 1.54) is 44.1 Å². The summed E-state index contributed by atoms with van der Waals surface area (Å²) in [6, 6.07) is 10.8. The van der Waals surface area contributed by atoms with Crippen LogP contribution in [-0.2, 0) is 17.6 Å². The molecule has 0 spiro atoms. The molecule has 132 valence electrons. The smallest absolute Gasteiger partial charge is 0.226 e. The predicted octanol–water partition coefficient (Wildman–Crippen LogP) is 4.36. The van der Waals surface area contributed by atoms with Crippen molar-refractivity contribution in [3.63, 3.8) is 0 Å². The van der Waals surface area contributed by atoms with Crippen molar-refractivity contribution in [1.29, 1.82) is 0 Å². The number of nitrogens with one attached hydrogen (secondary N) is 1. The van der Waals surface area contributed by atoms with Gasteiger partial charge in [-0.1, -0.05) is 43.2 Å². The van der Waals surface area contributed by atoms with E-state index in [9.17, 15) is 4.79 Å². The molecule has 1 aromatic carbocycles. The summed E-state index contributed by atoms with van der Waals surface area (Å²) in [4.78, 5) is 17.2. The summed E-state index contributed by atoms with van der Waals surface area (Å²) in [5, 5.41) is 6.48. The number of rotatable bonds is 7. The minimum absolute atomic E-state index is 0.153. The highest BCUT2D eigenvalue weighted by atomic mass is 32.1. The Hall–Kier alpha value is -1.68. The lowest BCUT2D eigenvalue weighted by Gasteiger charge is -2.42. The van der Waals surface area contributed by atoms with E-state index in [4.69, 9.17) is 0 Å². The zero-order chi connectivity index (χ0) is 17.1. The number of thiazole rings is 1. The van der Waals surface area contributed by atoms with Gasteiger partial charge in [0.15, 0.2) is 0 Å². The Morgan fingerprint density at radius 1 is 1.12 bits per heavy atom. The van der Waals surface area contributed by atoms with Crippen LogP contribution in [0, 0.1) is 11.8 Å². The lowest BCUT2D eigenvalue weighted by Crippen LogP contribution is -2.49. The van der Waals surface area contributed by atoms with Gasteiger partial charge in [0.2, 0.25) is 5.91 Å². The van der Waals surface area contributed by atoms with Gasteiger partial charge in [-0.05, 0) is 43.1 Å². The van der Waals surface area contributed by atoms with E-state index in [-0.39, 0.29) is 5.91 Å². The molecule has 2 aliphatic rings. The van der Waals surface area contributed by atoms with Crippen LogP contribution in [0.1, 0.15) is 54.8 Å². The molecule has 2 aromatic rings. The van der Waals surface area contributed by atoms with Gasteiger partial charge in [-0.25, -0.2) is 4.98 Å². The molecule has 4 heteroatoms. The SMILES string of the molecule is O=C(Cc1csc(Cc2ccccc2)n1)NC(C1CCC1)C1CCC1. The second kappa shape index (κ2) is 7.69. The summed E-state index contributed by atoms with van der Waals surface area (Å²) >= 11 is 1.66. The van der Waals surface area contributed by atoms with Crippen molar-refractivity contribution in [2.45, 2.75) is 57.4 Å². The summed E-state index contributed by atoms with van der Waals surface area (Å²) in [6.45, 7) is 0. The topological polar surface area (TPSA) is 42.0 Å². The molecule has 25 heavy (non-hydrogen) atoms. The van der Waals surface area contributed by atoms with Crippen LogP contribution in [0.2, 0.25) is 0 Å². The van der Waals surface area contributed by atoms with E-state index in [1.807, 2.05) is 11.4 Å². The lowest BCUT2D eigenvalue weighted by molar-refractivity contribution is -0.122. The molecule has 2 saturated carbocycles. The number of carbonyl (C=O) groups is 1. The van der Waals surface area contributed by atoms with E-state index in [2.05, 4.69) is 34.6 Å². The maximum atomic E-state index is 12.5. The third-order valence-corrected chi connectivity index (χ3v) is 6.68. The Morgan fingerprint density at radius 2 is 1.80 bits per heavy atom. The standard InChI is InChI=1S/C21H26N2OS/c24-19(23-21(16-8-4-9-16)17-10-5-11-17)13-18-14-25-20(22-18)12-15-6-2-1-3-7-15/h1-3,6-7,14,16-17,21H,4-5,8-13H2,(H,23,24). The number of benzene rings is 1. The summed E-state index contributed by atoms with van der Waals surface area (Å²) < 4.78 is 0. The van der Waals surface area contributed by atoms with Gasteiger partial charge in [-0.15, -0.1) is 11.3 Å². The second-order valence-electron chi connectivity index (χ2n) is 7.55. The summed E-state index contributed by atoms with van der Waals surface area (Å²) in [7, 11) is 0. The zero-order valence-electron chi connectivity index (χ0n) is 14.6. The van der Waals surface area contributed by atoms with Crippen LogP contribution in [0.3, 0.4) is 0 Å². The van der Waals surface area contributed by atoms with Crippen LogP contribution in [0.25, 0.3) is 0 Å². The van der Waals surface area contributed by atoms with Gasteiger partial charge in [0.1, 0.15) is 0 Å². The van der Waals surface area contributed by atoms with Crippen molar-refractivity contribution in [1.82, 2.24) is 10.3 Å². The maximum absolute atomic E-state index is 12.5. The van der Waals surface area contributed by atoms with Gasteiger partial charge in [0.05, 0.1) is 17.1 Å². The van der Waals surface area contributed by atoms with Crippen LogP contribution < -0.4 is 5.32 Å². The fourth-order valence-corrected chi connectivity index (χ4v) is 4.73. The molecule has 0 aliphatic heterocycles. The third-order valence-electron chi connectivity index (χ3n) is 5.78. The number of amides is 1. The molecule has 1 amide bonds. The van der Waals surface area contributed by atoms with Crippen LogP contribution in [0.4, 0.5) is 0 Å². The highest BCUT2D eigenvalue weighted by Gasteiger charge is 2.36. The Balaban J connectivity index is 1.32. The first-order valence-electron chi connectivity index (χ1n) is 9.54. The van der Waals surface area contributed by atoms with Gasteiger partial charge in [0.25, 0.3) is 0 Å². The van der Waals surface area contributed by atoms with Crippen LogP contribution in [0.5, 0.6) is 0 Å². The molecule has 1 N–H and O–H groups in total. The second-order valence-corrected chi connectivity index (χ2v) is 8.49. The molecule has 0 saturated heterocycles. The molecule has 2 aliphatic carbocycles. The van der Waals surface area contributed by atoms with Gasteiger partial charge in [-0.3, -0.25) is 4.79 Å². The molecular formula is C21H26N2OS. The van der Waals surface area contributed by atoms with Crippen molar-refractivity contribution < 1.29 is 4.79 Å². The highest BCUT2D eigenvalue weighted by Crippen LogP contribution is 2.40. The van der Waals surface area contributed by atoms with Crippen molar-refractivity contribution in [2.75, 3.05) is 0 Å². The van der Waals surface area contributed by atoms with Crippen molar-refractivity contribution >= 4 is 17.2 Å². The molecule has 0 atom stereocenters. The van der Waals surface area contributed by atoms with Gasteiger partial charge in [0, 0.05) is 17.8 Å². The molecule has 0 unspecified atom stereocenters. The van der Waals surface area contributed by atoms with E-state index >= 15 is 0 Å². The van der Waals surface area contributed by atoms with E-state index in [0.29, 0.717) is 12.5 Å². The first-order valence-corrected chi connectivity index (χ1v) is 10.4. The molecule has 1 aromatic heterocycles. The minimum Gasteiger partial charge on any atom is -0.352 e. The highest BCUT2D eigenvalue weighted by molar-refractivity contribution is 7.09. The third kappa shape index (κ3) is 4.12. The minimum atomic E-state index is 0.153. The van der Waals surface area contributed by atoms with Gasteiger partial charge >= 0.3 is 0 Å². The van der Waals surface area contributed by atoms with Gasteiger partial charge in [-0.2, -0.15) is 0 Å². The number of hydrogen-bond acceptors (Lipinski definition) is 3. The fraction of sp³-hybridized carbons (Fsp3) is 0.524. The van der Waals surface area contributed by atoms with E-state index in [0.717, 1.165) is 29.0 Å². The zero-order valence-corrected chi connectivity index (χ0v) is 15.4. The predicted molar refractivity (Wildman–Crippen MR) is 102 cm³/mol. The summed E-state index contributed by atoms with van der Waals surface area (Å²) in [5.41, 5.74) is 2.18. The first kappa shape index (κ1) is 16.8. The lowest BCUT2D eigenvalue weighted by atomic mass is 9.68. The normalized spacial score (nSPS) is 18.0. The molecule has 0 bridgehead atoms. The van der Waals surface area contributed by atoms with Crippen molar-refractivity contribution in [3.05, 3.63) is 52.0 Å². The van der Waals surface area contributed by atoms with E-state index in [1.54, 1.807) is 11.3 Å². The first-order chi connectivity index (χ1) is 12.3. The van der Waals surface area contributed by atoms with Crippen molar-refractivity contribution in [3.8, 4) is 0 Å². The Kier molecular flexibility index (Phi) is 5.16. The molecule has 2 fully saturated rings. The van der Waals surface area contributed by atoms with Crippen LogP contribution in [0.15, 0.2) is 35.7 Å². The molecule has 3 nitrogen and oxygen atoms in total. The van der Waals surface area contributed by atoms with Crippen LogP contribution in [-0.4, -0.2) is 16.9 Å². The average Bonchev–Trinajstić information content (AvgIpc) is 2.91. The summed E-state index contributed by atoms with van der Waals surface area (Å²) in [6.07, 6.45) is 9.09. The Labute approximate surface area is 153 Å². The maximum Gasteiger partial charge on any atom is 0.226 e. The van der Waals surface area contributed by atoms with E-state index < -0.39 is 0 Å².